The van der Waals surface area contributed by atoms with E-state index < -0.39 is 5.97 Å². The van der Waals surface area contributed by atoms with Gasteiger partial charge in [-0.1, -0.05) is 6.08 Å². The summed E-state index contributed by atoms with van der Waals surface area (Å²) < 4.78 is 0. The van der Waals surface area contributed by atoms with Gasteiger partial charge >= 0.3 is 5.97 Å². The van der Waals surface area contributed by atoms with E-state index in [4.69, 9.17) is 5.11 Å². The molecule has 1 amide bonds. The zero-order valence-corrected chi connectivity index (χ0v) is 12.9. The third-order valence-electron chi connectivity index (χ3n) is 4.44. The standard InChI is InChI=1S/C16H26N2O3/c1-2-18(14-8-4-3-5-9-14)15(19)12-17-10-6-7-13(11-17)16(20)21/h8,13H,2-7,9-12H2,1H3,(H,20,21). The van der Waals surface area contributed by atoms with Crippen molar-refractivity contribution in [2.45, 2.75) is 45.4 Å². The molecule has 2 rings (SSSR count). The average Bonchev–Trinajstić information content (AvgIpc) is 2.49. The van der Waals surface area contributed by atoms with Gasteiger partial charge in [-0.25, -0.2) is 0 Å². The lowest BCUT2D eigenvalue weighted by molar-refractivity contribution is -0.144. The summed E-state index contributed by atoms with van der Waals surface area (Å²) in [5.41, 5.74) is 1.15. The number of carbonyl (C=O) groups excluding carboxylic acids is 1. The minimum atomic E-state index is -0.741. The van der Waals surface area contributed by atoms with Crippen LogP contribution in [0.2, 0.25) is 0 Å². The Hall–Kier alpha value is -1.36. The molecular formula is C16H26N2O3. The summed E-state index contributed by atoms with van der Waals surface area (Å²) in [4.78, 5) is 27.5. The van der Waals surface area contributed by atoms with E-state index >= 15 is 0 Å². The number of rotatable bonds is 5. The maximum absolute atomic E-state index is 12.5. The molecule has 1 fully saturated rings. The summed E-state index contributed by atoms with van der Waals surface area (Å²) >= 11 is 0. The fourth-order valence-corrected chi connectivity index (χ4v) is 3.28. The summed E-state index contributed by atoms with van der Waals surface area (Å²) in [7, 11) is 0. The highest BCUT2D eigenvalue weighted by Gasteiger charge is 2.28. The van der Waals surface area contributed by atoms with E-state index in [2.05, 4.69) is 6.08 Å². The normalized spacial score (nSPS) is 23.5. The number of likely N-dealkylation sites (N-methyl/N-ethyl adjacent to an activating group) is 1. The predicted octanol–water partition coefficient (Wildman–Crippen LogP) is 2.09. The third-order valence-corrected chi connectivity index (χ3v) is 4.44. The first kappa shape index (κ1) is 16.0. The fourth-order valence-electron chi connectivity index (χ4n) is 3.28. The molecule has 0 aromatic rings. The largest absolute Gasteiger partial charge is 0.481 e. The number of carbonyl (C=O) groups is 2. The van der Waals surface area contributed by atoms with Gasteiger partial charge in [0.05, 0.1) is 12.5 Å². The number of amides is 1. The summed E-state index contributed by atoms with van der Waals surface area (Å²) in [6.45, 7) is 4.36. The molecule has 2 aliphatic rings. The highest BCUT2D eigenvalue weighted by atomic mass is 16.4. The maximum atomic E-state index is 12.5. The molecule has 1 aliphatic heterocycles. The second-order valence-electron chi connectivity index (χ2n) is 5.99. The first-order valence-electron chi connectivity index (χ1n) is 8.06. The summed E-state index contributed by atoms with van der Waals surface area (Å²) in [5, 5.41) is 9.12. The van der Waals surface area contributed by atoms with E-state index in [1.807, 2.05) is 16.7 Å². The molecule has 1 aliphatic carbocycles. The first-order valence-corrected chi connectivity index (χ1v) is 8.06. The van der Waals surface area contributed by atoms with Gasteiger partial charge in [0.25, 0.3) is 0 Å². The molecular weight excluding hydrogens is 268 g/mol. The lowest BCUT2D eigenvalue weighted by atomic mass is 9.98. The number of likely N-dealkylation sites (tertiary alicyclic amines) is 1. The monoisotopic (exact) mass is 294 g/mol. The maximum Gasteiger partial charge on any atom is 0.307 e. The summed E-state index contributed by atoms with van der Waals surface area (Å²) in [5.74, 6) is -0.957. The fraction of sp³-hybridized carbons (Fsp3) is 0.750. The molecule has 0 aromatic carbocycles. The molecule has 1 atom stereocenters. The van der Waals surface area contributed by atoms with Crippen LogP contribution in [-0.2, 0) is 9.59 Å². The van der Waals surface area contributed by atoms with Crippen LogP contribution in [-0.4, -0.2) is 53.0 Å². The Morgan fingerprint density at radius 2 is 2.19 bits per heavy atom. The molecule has 0 radical (unpaired) electrons. The smallest absolute Gasteiger partial charge is 0.307 e. The highest BCUT2D eigenvalue weighted by molar-refractivity contribution is 5.80. The van der Waals surface area contributed by atoms with Crippen LogP contribution in [0.25, 0.3) is 0 Å². The van der Waals surface area contributed by atoms with E-state index in [1.54, 1.807) is 0 Å². The minimum Gasteiger partial charge on any atom is -0.481 e. The Morgan fingerprint density at radius 1 is 1.38 bits per heavy atom. The van der Waals surface area contributed by atoms with Crippen molar-refractivity contribution in [2.75, 3.05) is 26.2 Å². The van der Waals surface area contributed by atoms with Crippen LogP contribution >= 0.6 is 0 Å². The van der Waals surface area contributed by atoms with Gasteiger partial charge < -0.3 is 10.0 Å². The molecule has 0 spiro atoms. The molecule has 0 bridgehead atoms. The Morgan fingerprint density at radius 3 is 2.81 bits per heavy atom. The second-order valence-corrected chi connectivity index (χ2v) is 5.99. The lowest BCUT2D eigenvalue weighted by Gasteiger charge is -2.33. The molecule has 5 heteroatoms. The zero-order valence-electron chi connectivity index (χ0n) is 12.9. The molecule has 21 heavy (non-hydrogen) atoms. The minimum absolute atomic E-state index is 0.108. The lowest BCUT2D eigenvalue weighted by Crippen LogP contribution is -2.45. The van der Waals surface area contributed by atoms with Gasteiger partial charge in [0, 0.05) is 18.8 Å². The van der Waals surface area contributed by atoms with Crippen molar-refractivity contribution in [3.63, 3.8) is 0 Å². The van der Waals surface area contributed by atoms with E-state index in [1.165, 1.54) is 6.42 Å². The highest BCUT2D eigenvalue weighted by Crippen LogP contribution is 2.22. The topological polar surface area (TPSA) is 60.9 Å². The molecule has 0 aromatic heterocycles. The van der Waals surface area contributed by atoms with E-state index in [-0.39, 0.29) is 11.8 Å². The summed E-state index contributed by atoms with van der Waals surface area (Å²) in [6.07, 6.45) is 8.17. The van der Waals surface area contributed by atoms with Gasteiger partial charge in [0.2, 0.25) is 5.91 Å². The molecule has 1 heterocycles. The number of allylic oxidation sites excluding steroid dienone is 2. The molecule has 0 saturated carbocycles. The molecule has 1 N–H and O–H groups in total. The molecule has 1 saturated heterocycles. The van der Waals surface area contributed by atoms with E-state index in [0.29, 0.717) is 19.6 Å². The van der Waals surface area contributed by atoms with Crippen molar-refractivity contribution in [1.82, 2.24) is 9.80 Å². The van der Waals surface area contributed by atoms with Crippen LogP contribution < -0.4 is 0 Å². The van der Waals surface area contributed by atoms with Crippen LogP contribution in [0.1, 0.15) is 45.4 Å². The Bertz CT molecular complexity index is 420. The number of hydrogen-bond donors (Lipinski definition) is 1. The van der Waals surface area contributed by atoms with Crippen LogP contribution in [0.15, 0.2) is 11.8 Å². The average molecular weight is 294 g/mol. The zero-order chi connectivity index (χ0) is 15.2. The van der Waals surface area contributed by atoms with Crippen LogP contribution in [0.3, 0.4) is 0 Å². The number of carboxylic acids is 1. The van der Waals surface area contributed by atoms with Crippen molar-refractivity contribution < 1.29 is 14.7 Å². The van der Waals surface area contributed by atoms with E-state index in [9.17, 15) is 9.59 Å². The van der Waals surface area contributed by atoms with Crippen LogP contribution in [0.5, 0.6) is 0 Å². The Labute approximate surface area is 126 Å². The Balaban J connectivity index is 1.92. The Kier molecular flexibility index (Phi) is 5.79. The molecule has 118 valence electrons. The molecule has 1 unspecified atom stereocenters. The van der Waals surface area contributed by atoms with Crippen LogP contribution in [0.4, 0.5) is 0 Å². The van der Waals surface area contributed by atoms with Gasteiger partial charge in [-0.15, -0.1) is 0 Å². The van der Waals surface area contributed by atoms with Crippen molar-refractivity contribution in [3.05, 3.63) is 11.8 Å². The number of piperidine rings is 1. The van der Waals surface area contributed by atoms with Crippen molar-refractivity contribution >= 4 is 11.9 Å². The number of aliphatic carboxylic acids is 1. The van der Waals surface area contributed by atoms with Gasteiger partial charge in [-0.05, 0) is 52.0 Å². The van der Waals surface area contributed by atoms with Crippen LogP contribution in [0, 0.1) is 5.92 Å². The van der Waals surface area contributed by atoms with Gasteiger partial charge in [0.15, 0.2) is 0 Å². The van der Waals surface area contributed by atoms with Crippen molar-refractivity contribution in [1.29, 1.82) is 0 Å². The SMILES string of the molecule is CCN(C(=O)CN1CCCC(C(=O)O)C1)C1=CCCCC1. The van der Waals surface area contributed by atoms with E-state index in [0.717, 1.165) is 44.3 Å². The third kappa shape index (κ3) is 4.30. The number of nitrogens with zero attached hydrogens (tertiary/aromatic N) is 2. The van der Waals surface area contributed by atoms with Gasteiger partial charge in [0.1, 0.15) is 0 Å². The van der Waals surface area contributed by atoms with Crippen molar-refractivity contribution in [2.24, 2.45) is 5.92 Å². The van der Waals surface area contributed by atoms with Gasteiger partial charge in [-0.2, -0.15) is 0 Å². The second kappa shape index (κ2) is 7.59. The number of hydrogen-bond acceptors (Lipinski definition) is 3. The predicted molar refractivity (Wildman–Crippen MR) is 80.7 cm³/mol. The van der Waals surface area contributed by atoms with Gasteiger partial charge in [-0.3, -0.25) is 14.5 Å². The van der Waals surface area contributed by atoms with Crippen molar-refractivity contribution in [3.8, 4) is 0 Å². The summed E-state index contributed by atoms with van der Waals surface area (Å²) in [6, 6.07) is 0. The first-order chi connectivity index (χ1) is 10.1. The molecule has 5 nitrogen and oxygen atoms in total. The quantitative estimate of drug-likeness (QED) is 0.843. The number of carboxylic acid groups (broad SMARTS) is 1.